The largest absolute Gasteiger partial charge is 0.508 e. The molecule has 1 aromatic carbocycles. The van der Waals surface area contributed by atoms with Gasteiger partial charge in [0.1, 0.15) is 5.75 Å². The van der Waals surface area contributed by atoms with Gasteiger partial charge < -0.3 is 20.4 Å². The third kappa shape index (κ3) is 7.53. The Morgan fingerprint density at radius 2 is 1.42 bits per heavy atom. The van der Waals surface area contributed by atoms with E-state index in [0.29, 0.717) is 37.0 Å². The van der Waals surface area contributed by atoms with Crippen LogP contribution in [0, 0.1) is 28.6 Å². The van der Waals surface area contributed by atoms with Crippen molar-refractivity contribution >= 4 is 11.9 Å². The molecule has 3 aliphatic rings. The second-order valence-electron chi connectivity index (χ2n) is 15.4. The summed E-state index contributed by atoms with van der Waals surface area (Å²) < 4.78 is 120. The molecule has 4 N–H and O–H groups in total. The average molecular weight is 759 g/mol. The minimum atomic E-state index is -7.15. The van der Waals surface area contributed by atoms with Crippen LogP contribution in [-0.4, -0.2) is 62.4 Å². The molecule has 3 aliphatic carbocycles. The number of fused-ring (bicyclic) bond motifs is 5. The second kappa shape index (κ2) is 15.0. The Balaban J connectivity index is 1.28. The lowest BCUT2D eigenvalue weighted by Gasteiger charge is -2.52. The molecule has 0 bridgehead atoms. The van der Waals surface area contributed by atoms with Crippen LogP contribution in [0.15, 0.2) is 30.4 Å². The maximum Gasteiger partial charge on any atom is 0.460 e. The van der Waals surface area contributed by atoms with Crippen molar-refractivity contribution in [1.29, 1.82) is 0 Å². The molecule has 0 spiro atoms. The van der Waals surface area contributed by atoms with Crippen LogP contribution in [0.5, 0.6) is 5.75 Å². The van der Waals surface area contributed by atoms with E-state index in [9.17, 15) is 69.5 Å². The van der Waals surface area contributed by atoms with Gasteiger partial charge >= 0.3 is 35.9 Å². The Kier molecular flexibility index (Phi) is 12.1. The number of rotatable bonds is 17. The SMILES string of the molecule is C=C1[C@H](O)C[C@H]2[C@@H]3[C@H](CCCCCCCCCC(CCC(F)(F)C(F)(F)C(F)(F)C(F)(F)F)(C(=O)O)C(=O)O)Cc4cc(O)ccc4[C@H]3CC[C@]12C. The number of aliphatic hydroxyl groups excluding tert-OH is 1. The number of carbonyl (C=O) groups is 2. The van der Waals surface area contributed by atoms with Gasteiger partial charge in [0.2, 0.25) is 0 Å². The minimum absolute atomic E-state index is 0.139. The smallest absolute Gasteiger partial charge is 0.460 e. The third-order valence-corrected chi connectivity index (χ3v) is 12.5. The van der Waals surface area contributed by atoms with Crippen LogP contribution in [0.3, 0.4) is 0 Å². The van der Waals surface area contributed by atoms with E-state index in [1.165, 1.54) is 5.56 Å². The predicted molar refractivity (Wildman–Crippen MR) is 172 cm³/mol. The Labute approximate surface area is 296 Å². The first-order valence-electron chi connectivity index (χ1n) is 17.8. The van der Waals surface area contributed by atoms with Gasteiger partial charge in [0.15, 0.2) is 5.41 Å². The summed E-state index contributed by atoms with van der Waals surface area (Å²) in [6, 6.07) is 5.58. The highest BCUT2D eigenvalue weighted by Gasteiger charge is 2.81. The van der Waals surface area contributed by atoms with Gasteiger partial charge in [0, 0.05) is 6.42 Å². The molecular formula is C37H47F9O6. The summed E-state index contributed by atoms with van der Waals surface area (Å²) >= 11 is 0. The maximum absolute atomic E-state index is 14.1. The number of hydrogen-bond acceptors (Lipinski definition) is 4. The van der Waals surface area contributed by atoms with Gasteiger partial charge in [-0.1, -0.05) is 64.5 Å². The minimum Gasteiger partial charge on any atom is -0.508 e. The third-order valence-electron chi connectivity index (χ3n) is 12.5. The number of carboxylic acid groups (broad SMARTS) is 2. The molecule has 0 unspecified atom stereocenters. The van der Waals surface area contributed by atoms with E-state index >= 15 is 0 Å². The lowest BCUT2D eigenvalue weighted by atomic mass is 9.52. The summed E-state index contributed by atoms with van der Waals surface area (Å²) in [6.45, 7) is 6.45. The summed E-state index contributed by atoms with van der Waals surface area (Å²) in [7, 11) is 0. The summed E-state index contributed by atoms with van der Waals surface area (Å²) in [6.07, 6.45) is -4.69. The van der Waals surface area contributed by atoms with Gasteiger partial charge in [-0.2, -0.15) is 39.5 Å². The highest BCUT2D eigenvalue weighted by Crippen LogP contribution is 2.64. The van der Waals surface area contributed by atoms with E-state index in [2.05, 4.69) is 13.5 Å². The number of aliphatic hydroxyl groups is 1. The fourth-order valence-electron chi connectivity index (χ4n) is 9.28. The van der Waals surface area contributed by atoms with Gasteiger partial charge in [0.25, 0.3) is 0 Å². The molecule has 0 aliphatic heterocycles. The Morgan fingerprint density at radius 3 is 2.00 bits per heavy atom. The number of hydrogen-bond donors (Lipinski definition) is 4. The molecule has 15 heteroatoms. The van der Waals surface area contributed by atoms with Gasteiger partial charge in [-0.05, 0) is 103 Å². The molecule has 294 valence electrons. The monoisotopic (exact) mass is 758 g/mol. The first-order chi connectivity index (χ1) is 23.9. The number of unbranched alkanes of at least 4 members (excludes halogenated alkanes) is 6. The average Bonchev–Trinajstić information content (AvgIpc) is 3.27. The molecule has 52 heavy (non-hydrogen) atoms. The molecule has 6 atom stereocenters. The number of benzene rings is 1. The van der Waals surface area contributed by atoms with Crippen LogP contribution < -0.4 is 0 Å². The van der Waals surface area contributed by atoms with Crippen molar-refractivity contribution in [3.05, 3.63) is 41.5 Å². The highest BCUT2D eigenvalue weighted by molar-refractivity contribution is 5.98. The van der Waals surface area contributed by atoms with Crippen molar-refractivity contribution in [3.8, 4) is 5.75 Å². The fraction of sp³-hybridized carbons (Fsp3) is 0.730. The standard InChI is InChI=1S/C37H47F9O6/c1-21-28(48)20-27-29-22(18-23-19-24(47)11-12-25(23)26(29)13-15-32(21,27)2)10-8-6-4-3-5-7-9-14-33(30(49)50,31(51)52)16-17-34(38,39)35(40,41)36(42,43)37(44,45)46/h11-12,19,22,26-29,47-48H,1,3-10,13-18,20H2,2H3,(H,49,50)(H,51,52)/t22-,26-,27+,28-,29-,32-/m1/s1. The number of alkyl halides is 9. The molecule has 6 nitrogen and oxygen atoms in total. The van der Waals surface area contributed by atoms with Crippen LogP contribution in [0.25, 0.3) is 0 Å². The Morgan fingerprint density at radius 1 is 0.846 bits per heavy atom. The number of halogens is 9. The molecule has 0 aromatic heterocycles. The summed E-state index contributed by atoms with van der Waals surface area (Å²) in [5.41, 5.74) is 0.0670. The van der Waals surface area contributed by atoms with E-state index in [1.54, 1.807) is 6.07 Å². The van der Waals surface area contributed by atoms with Crippen molar-refractivity contribution in [2.45, 2.75) is 139 Å². The second-order valence-corrected chi connectivity index (χ2v) is 15.4. The predicted octanol–water partition coefficient (Wildman–Crippen LogP) is 9.92. The number of aliphatic carboxylic acids is 2. The van der Waals surface area contributed by atoms with E-state index < -0.39 is 66.7 Å². The number of carboxylic acids is 2. The van der Waals surface area contributed by atoms with Gasteiger partial charge in [-0.25, -0.2) is 0 Å². The molecule has 0 saturated heterocycles. The van der Waals surface area contributed by atoms with Crippen molar-refractivity contribution in [3.63, 3.8) is 0 Å². The first-order valence-corrected chi connectivity index (χ1v) is 17.8. The van der Waals surface area contributed by atoms with Gasteiger partial charge in [-0.15, -0.1) is 0 Å². The molecular weight excluding hydrogens is 711 g/mol. The van der Waals surface area contributed by atoms with Crippen LogP contribution in [0.4, 0.5) is 39.5 Å². The molecule has 0 amide bonds. The topological polar surface area (TPSA) is 115 Å². The van der Waals surface area contributed by atoms with Crippen LogP contribution in [0.2, 0.25) is 0 Å². The number of phenols is 1. The van der Waals surface area contributed by atoms with Crippen molar-refractivity contribution in [2.75, 3.05) is 0 Å². The summed E-state index contributed by atoms with van der Waals surface area (Å²) in [4.78, 5) is 23.7. The zero-order chi connectivity index (χ0) is 39.1. The zero-order valence-corrected chi connectivity index (χ0v) is 28.9. The Bertz CT molecular complexity index is 1460. The van der Waals surface area contributed by atoms with E-state index in [-0.39, 0.29) is 29.9 Å². The van der Waals surface area contributed by atoms with E-state index in [0.717, 1.165) is 56.1 Å². The van der Waals surface area contributed by atoms with Crippen LogP contribution in [0.1, 0.15) is 114 Å². The lowest BCUT2D eigenvalue weighted by molar-refractivity contribution is -0.397. The van der Waals surface area contributed by atoms with Gasteiger partial charge in [-0.3, -0.25) is 9.59 Å². The van der Waals surface area contributed by atoms with Crippen molar-refractivity contribution in [1.82, 2.24) is 0 Å². The highest BCUT2D eigenvalue weighted by atomic mass is 19.4. The van der Waals surface area contributed by atoms with Gasteiger partial charge in [0.05, 0.1) is 6.10 Å². The number of phenolic OH excluding ortho intramolecular Hbond substituents is 1. The summed E-state index contributed by atoms with van der Waals surface area (Å²) in [5, 5.41) is 40.1. The van der Waals surface area contributed by atoms with Crippen molar-refractivity contribution < 1.29 is 69.5 Å². The van der Waals surface area contributed by atoms with E-state index in [4.69, 9.17) is 0 Å². The zero-order valence-electron chi connectivity index (χ0n) is 28.9. The summed E-state index contributed by atoms with van der Waals surface area (Å²) in [5.74, 6) is -23.1. The quantitative estimate of drug-likeness (QED) is 0.0545. The lowest BCUT2D eigenvalue weighted by Crippen LogP contribution is -2.61. The number of aromatic hydroxyl groups is 1. The van der Waals surface area contributed by atoms with Crippen LogP contribution >= 0.6 is 0 Å². The van der Waals surface area contributed by atoms with Crippen LogP contribution in [-0.2, 0) is 16.0 Å². The molecule has 2 fully saturated rings. The molecule has 0 radical (unpaired) electrons. The first kappa shape index (κ1) is 41.8. The van der Waals surface area contributed by atoms with Crippen molar-refractivity contribution in [2.24, 2.45) is 28.6 Å². The normalized spacial score (nSPS) is 26.8. The maximum atomic E-state index is 14.1. The fourth-order valence-corrected chi connectivity index (χ4v) is 9.28. The molecule has 4 rings (SSSR count). The Hall–Kier alpha value is -2.97. The van der Waals surface area contributed by atoms with E-state index in [1.807, 2.05) is 12.1 Å². The molecule has 0 heterocycles. The molecule has 1 aromatic rings. The molecule has 2 saturated carbocycles.